The summed E-state index contributed by atoms with van der Waals surface area (Å²) in [5.41, 5.74) is 0.388. The minimum absolute atomic E-state index is 0.0784. The van der Waals surface area contributed by atoms with Gasteiger partial charge in [-0.3, -0.25) is 4.79 Å². The molecule has 0 radical (unpaired) electrons. The van der Waals surface area contributed by atoms with E-state index in [1.165, 1.54) is 13.2 Å². The van der Waals surface area contributed by atoms with E-state index in [-0.39, 0.29) is 11.7 Å². The Balaban J connectivity index is 2.87. The van der Waals surface area contributed by atoms with Crippen LogP contribution < -0.4 is 10.1 Å². The summed E-state index contributed by atoms with van der Waals surface area (Å²) in [5.74, 6) is 0.00764. The number of methoxy groups -OCH3 is 1. The lowest BCUT2D eigenvalue weighted by molar-refractivity contribution is -0.121. The summed E-state index contributed by atoms with van der Waals surface area (Å²) in [6.45, 7) is 3.67. The molecule has 1 aromatic rings. The first kappa shape index (κ1) is 13.5. The normalized spacial score (nSPS) is 12.0. The van der Waals surface area contributed by atoms with Gasteiger partial charge in [0.05, 0.1) is 18.7 Å². The highest BCUT2D eigenvalue weighted by Crippen LogP contribution is 2.27. The molecule has 3 nitrogen and oxygen atoms in total. The topological polar surface area (TPSA) is 38.3 Å². The minimum Gasteiger partial charge on any atom is -0.496 e. The highest BCUT2D eigenvalue weighted by atomic mass is 19.1. The molecule has 0 aliphatic rings. The van der Waals surface area contributed by atoms with Crippen molar-refractivity contribution in [3.8, 4) is 5.75 Å². The molecule has 0 saturated heterocycles. The molecular formula is C13H18FNO2. The van der Waals surface area contributed by atoms with E-state index in [2.05, 4.69) is 5.32 Å². The third kappa shape index (κ3) is 3.44. The number of carbonyl (C=O) groups excluding carboxylic acids is 1. The van der Waals surface area contributed by atoms with E-state index >= 15 is 0 Å². The van der Waals surface area contributed by atoms with Gasteiger partial charge >= 0.3 is 0 Å². The average molecular weight is 239 g/mol. The van der Waals surface area contributed by atoms with Crippen LogP contribution in [0.25, 0.3) is 0 Å². The Hall–Kier alpha value is -1.58. The van der Waals surface area contributed by atoms with Crippen LogP contribution >= 0.6 is 0 Å². The van der Waals surface area contributed by atoms with E-state index < -0.39 is 6.04 Å². The van der Waals surface area contributed by atoms with Crippen LogP contribution in [0, 0.1) is 5.82 Å². The first-order valence-electron chi connectivity index (χ1n) is 5.71. The van der Waals surface area contributed by atoms with Crippen molar-refractivity contribution in [2.75, 3.05) is 7.11 Å². The van der Waals surface area contributed by atoms with Crippen LogP contribution in [0.1, 0.15) is 38.3 Å². The zero-order valence-corrected chi connectivity index (χ0v) is 10.4. The summed E-state index contributed by atoms with van der Waals surface area (Å²) in [4.78, 5) is 11.5. The Morgan fingerprint density at radius 3 is 2.82 bits per heavy atom. The fourth-order valence-electron chi connectivity index (χ4n) is 1.73. The monoisotopic (exact) mass is 239 g/mol. The van der Waals surface area contributed by atoms with E-state index in [4.69, 9.17) is 4.74 Å². The zero-order chi connectivity index (χ0) is 12.8. The van der Waals surface area contributed by atoms with Crippen LogP contribution in [-0.4, -0.2) is 13.0 Å². The molecule has 4 heteroatoms. The smallest absolute Gasteiger partial charge is 0.220 e. The SMILES string of the molecule is CCCC(=O)NC(C)c1c(F)cccc1OC. The van der Waals surface area contributed by atoms with Gasteiger partial charge in [-0.1, -0.05) is 13.0 Å². The molecule has 1 rings (SSSR count). The Kier molecular flexibility index (Phi) is 4.94. The number of carbonyl (C=O) groups is 1. The number of hydrogen-bond acceptors (Lipinski definition) is 2. The maximum atomic E-state index is 13.7. The lowest BCUT2D eigenvalue weighted by Gasteiger charge is -2.17. The molecule has 94 valence electrons. The van der Waals surface area contributed by atoms with Crippen molar-refractivity contribution in [1.29, 1.82) is 0 Å². The summed E-state index contributed by atoms with van der Waals surface area (Å²) < 4.78 is 18.8. The second-order valence-electron chi connectivity index (χ2n) is 3.89. The van der Waals surface area contributed by atoms with Gasteiger partial charge in [0.25, 0.3) is 0 Å². The molecule has 1 N–H and O–H groups in total. The molecule has 1 unspecified atom stereocenters. The first-order valence-corrected chi connectivity index (χ1v) is 5.71. The number of benzene rings is 1. The third-order valence-corrected chi connectivity index (χ3v) is 2.52. The van der Waals surface area contributed by atoms with Crippen LogP contribution in [0.5, 0.6) is 5.75 Å². The Labute approximate surface area is 101 Å². The number of hydrogen-bond donors (Lipinski definition) is 1. The maximum Gasteiger partial charge on any atom is 0.220 e. The summed E-state index contributed by atoms with van der Waals surface area (Å²) in [5, 5.41) is 2.75. The summed E-state index contributed by atoms with van der Waals surface area (Å²) in [7, 11) is 1.48. The molecular weight excluding hydrogens is 221 g/mol. The van der Waals surface area contributed by atoms with Crippen molar-refractivity contribution in [2.24, 2.45) is 0 Å². The molecule has 1 aromatic carbocycles. The summed E-state index contributed by atoms with van der Waals surface area (Å²) in [6, 6.07) is 4.23. The van der Waals surface area contributed by atoms with Gasteiger partial charge in [-0.2, -0.15) is 0 Å². The molecule has 0 spiro atoms. The van der Waals surface area contributed by atoms with Gasteiger partial charge in [-0.05, 0) is 25.5 Å². The Morgan fingerprint density at radius 1 is 1.53 bits per heavy atom. The first-order chi connectivity index (χ1) is 8.10. The predicted octanol–water partition coefficient (Wildman–Crippen LogP) is 2.81. The van der Waals surface area contributed by atoms with Crippen molar-refractivity contribution in [1.82, 2.24) is 5.32 Å². The largest absolute Gasteiger partial charge is 0.496 e. The van der Waals surface area contributed by atoms with E-state index in [1.54, 1.807) is 19.1 Å². The quantitative estimate of drug-likeness (QED) is 0.858. The van der Waals surface area contributed by atoms with E-state index in [0.717, 1.165) is 6.42 Å². The Morgan fingerprint density at radius 2 is 2.24 bits per heavy atom. The highest BCUT2D eigenvalue weighted by molar-refractivity contribution is 5.76. The van der Waals surface area contributed by atoms with Gasteiger partial charge < -0.3 is 10.1 Å². The lowest BCUT2D eigenvalue weighted by Crippen LogP contribution is -2.27. The second-order valence-corrected chi connectivity index (χ2v) is 3.89. The minimum atomic E-state index is -0.398. The molecule has 0 heterocycles. The number of amides is 1. The molecule has 17 heavy (non-hydrogen) atoms. The molecule has 0 bridgehead atoms. The predicted molar refractivity (Wildman–Crippen MR) is 64.4 cm³/mol. The van der Waals surface area contributed by atoms with Gasteiger partial charge in [0, 0.05) is 6.42 Å². The number of rotatable bonds is 5. The Bertz CT molecular complexity index is 393. The molecule has 0 aromatic heterocycles. The van der Waals surface area contributed by atoms with Gasteiger partial charge in [0.2, 0.25) is 5.91 Å². The second kappa shape index (κ2) is 6.23. The third-order valence-electron chi connectivity index (χ3n) is 2.52. The lowest BCUT2D eigenvalue weighted by atomic mass is 10.1. The molecule has 0 fully saturated rings. The van der Waals surface area contributed by atoms with Crippen LogP contribution in [0.15, 0.2) is 18.2 Å². The van der Waals surface area contributed by atoms with Crippen molar-refractivity contribution in [3.05, 3.63) is 29.6 Å². The zero-order valence-electron chi connectivity index (χ0n) is 10.4. The number of nitrogens with one attached hydrogen (secondary N) is 1. The molecule has 1 amide bonds. The molecule has 0 aliphatic heterocycles. The van der Waals surface area contributed by atoms with Crippen LogP contribution in [0.2, 0.25) is 0 Å². The van der Waals surface area contributed by atoms with Crippen LogP contribution in [0.4, 0.5) is 4.39 Å². The summed E-state index contributed by atoms with van der Waals surface area (Å²) in [6.07, 6.45) is 1.22. The summed E-state index contributed by atoms with van der Waals surface area (Å²) >= 11 is 0. The molecule has 1 atom stereocenters. The van der Waals surface area contributed by atoms with Gasteiger partial charge in [-0.15, -0.1) is 0 Å². The van der Waals surface area contributed by atoms with Crippen molar-refractivity contribution in [3.63, 3.8) is 0 Å². The fourth-order valence-corrected chi connectivity index (χ4v) is 1.73. The maximum absolute atomic E-state index is 13.7. The van der Waals surface area contributed by atoms with Crippen molar-refractivity contribution in [2.45, 2.75) is 32.7 Å². The van der Waals surface area contributed by atoms with Crippen molar-refractivity contribution >= 4 is 5.91 Å². The van der Waals surface area contributed by atoms with E-state index in [9.17, 15) is 9.18 Å². The fraction of sp³-hybridized carbons (Fsp3) is 0.462. The van der Waals surface area contributed by atoms with Gasteiger partial charge in [0.15, 0.2) is 0 Å². The molecule has 0 saturated carbocycles. The standard InChI is InChI=1S/C13H18FNO2/c1-4-6-12(16)15-9(2)13-10(14)7-5-8-11(13)17-3/h5,7-9H,4,6H2,1-3H3,(H,15,16). The van der Waals surface area contributed by atoms with E-state index in [1.807, 2.05) is 6.92 Å². The number of halogens is 1. The van der Waals surface area contributed by atoms with Crippen LogP contribution in [-0.2, 0) is 4.79 Å². The molecule has 0 aliphatic carbocycles. The van der Waals surface area contributed by atoms with Gasteiger partial charge in [0.1, 0.15) is 11.6 Å². The van der Waals surface area contributed by atoms with Crippen LogP contribution in [0.3, 0.4) is 0 Å². The highest BCUT2D eigenvalue weighted by Gasteiger charge is 2.17. The van der Waals surface area contributed by atoms with E-state index in [0.29, 0.717) is 17.7 Å². The van der Waals surface area contributed by atoms with Crippen molar-refractivity contribution < 1.29 is 13.9 Å². The number of ether oxygens (including phenoxy) is 1. The average Bonchev–Trinajstić information content (AvgIpc) is 2.28. The van der Waals surface area contributed by atoms with Gasteiger partial charge in [-0.25, -0.2) is 4.39 Å².